The molecule has 0 saturated heterocycles. The van der Waals surface area contributed by atoms with Gasteiger partial charge in [0, 0.05) is 29.2 Å². The summed E-state index contributed by atoms with van der Waals surface area (Å²) in [6, 6.07) is 8.12. The van der Waals surface area contributed by atoms with Crippen LogP contribution in [-0.4, -0.2) is 34.7 Å². The maximum Gasteiger partial charge on any atom is 0.182 e. The zero-order valence-electron chi connectivity index (χ0n) is 16.6. The smallest absolute Gasteiger partial charge is 0.182 e. The maximum absolute atomic E-state index is 14.8. The van der Waals surface area contributed by atoms with E-state index in [4.69, 9.17) is 11.6 Å². The van der Waals surface area contributed by atoms with Gasteiger partial charge in [-0.3, -0.25) is 4.98 Å². The number of fused-ring (bicyclic) bond motifs is 1. The van der Waals surface area contributed by atoms with E-state index in [1.165, 1.54) is 6.07 Å². The summed E-state index contributed by atoms with van der Waals surface area (Å²) in [5.74, 6) is -0.124. The summed E-state index contributed by atoms with van der Waals surface area (Å²) in [5, 5.41) is 4.69. The minimum absolute atomic E-state index is 0.275. The molecule has 0 radical (unpaired) electrons. The Labute approximate surface area is 181 Å². The third-order valence-corrected chi connectivity index (χ3v) is 5.13. The minimum Gasteiger partial charge on any atom is -0.265 e. The first-order chi connectivity index (χ1) is 15.0. The second-order valence-corrected chi connectivity index (χ2v) is 7.40. The molecule has 4 heterocycles. The van der Waals surface area contributed by atoms with E-state index in [0.717, 1.165) is 17.1 Å². The highest BCUT2D eigenvalue weighted by Gasteiger charge is 2.18. The Bertz CT molecular complexity index is 1430. The molecule has 1 aromatic carbocycles. The van der Waals surface area contributed by atoms with Crippen LogP contribution in [0.15, 0.2) is 55.1 Å². The van der Waals surface area contributed by atoms with Gasteiger partial charge < -0.3 is 0 Å². The first-order valence-corrected chi connectivity index (χ1v) is 9.81. The number of aryl methyl sites for hydroxylation is 2. The normalized spacial score (nSPS) is 11.2. The predicted octanol–water partition coefficient (Wildman–Crippen LogP) is 4.74. The van der Waals surface area contributed by atoms with E-state index < -0.39 is 5.82 Å². The number of rotatable bonds is 3. The first-order valence-electron chi connectivity index (χ1n) is 9.43. The summed E-state index contributed by atoms with van der Waals surface area (Å²) in [6.45, 7) is 3.70. The summed E-state index contributed by atoms with van der Waals surface area (Å²) in [5.41, 5.74) is 4.41. The number of halogens is 2. The van der Waals surface area contributed by atoms with E-state index in [-0.39, 0.29) is 5.56 Å². The summed E-state index contributed by atoms with van der Waals surface area (Å²) in [7, 11) is 0. The molecule has 31 heavy (non-hydrogen) atoms. The Kier molecular flexibility index (Phi) is 4.63. The molecule has 0 saturated carbocycles. The molecule has 5 aromatic rings. The highest BCUT2D eigenvalue weighted by atomic mass is 35.5. The quantitative estimate of drug-likeness (QED) is 0.410. The zero-order chi connectivity index (χ0) is 21.5. The van der Waals surface area contributed by atoms with Gasteiger partial charge in [0.25, 0.3) is 0 Å². The molecule has 0 unspecified atom stereocenters. The fourth-order valence-electron chi connectivity index (χ4n) is 3.19. The minimum atomic E-state index is -0.494. The largest absolute Gasteiger partial charge is 0.265 e. The van der Waals surface area contributed by atoms with E-state index in [2.05, 4.69) is 30.0 Å². The second-order valence-electron chi connectivity index (χ2n) is 6.97. The van der Waals surface area contributed by atoms with Gasteiger partial charge in [0.15, 0.2) is 11.5 Å². The van der Waals surface area contributed by atoms with Crippen molar-refractivity contribution in [1.82, 2.24) is 34.7 Å². The highest BCUT2D eigenvalue weighted by molar-refractivity contribution is 6.30. The van der Waals surface area contributed by atoms with Crippen LogP contribution in [0.2, 0.25) is 5.02 Å². The number of benzene rings is 1. The van der Waals surface area contributed by atoms with Crippen molar-refractivity contribution in [1.29, 1.82) is 0 Å². The van der Waals surface area contributed by atoms with E-state index in [1.807, 2.05) is 26.0 Å². The van der Waals surface area contributed by atoms with E-state index in [9.17, 15) is 4.39 Å². The fourth-order valence-corrected chi connectivity index (χ4v) is 3.35. The molecule has 0 aliphatic heterocycles. The van der Waals surface area contributed by atoms with Crippen LogP contribution in [0.5, 0.6) is 0 Å². The molecule has 0 bridgehead atoms. The van der Waals surface area contributed by atoms with Gasteiger partial charge in [-0.25, -0.2) is 29.0 Å². The van der Waals surface area contributed by atoms with Crippen molar-refractivity contribution >= 4 is 22.8 Å². The molecule has 0 spiro atoms. The maximum atomic E-state index is 14.8. The van der Waals surface area contributed by atoms with Crippen LogP contribution < -0.4 is 0 Å². The number of nitrogens with zero attached hydrogens (tertiary/aromatic N) is 7. The van der Waals surface area contributed by atoms with Crippen molar-refractivity contribution in [2.45, 2.75) is 13.8 Å². The fraction of sp³-hybridized carbons (Fsp3) is 0.0909. The van der Waals surface area contributed by atoms with E-state index in [0.29, 0.717) is 33.3 Å². The van der Waals surface area contributed by atoms with Gasteiger partial charge in [0.1, 0.15) is 17.0 Å². The zero-order valence-corrected chi connectivity index (χ0v) is 17.3. The van der Waals surface area contributed by atoms with Gasteiger partial charge in [0.05, 0.1) is 28.8 Å². The Hall–Kier alpha value is -3.78. The molecule has 5 rings (SSSR count). The van der Waals surface area contributed by atoms with Crippen LogP contribution in [0, 0.1) is 19.7 Å². The van der Waals surface area contributed by atoms with Crippen LogP contribution in [-0.2, 0) is 0 Å². The van der Waals surface area contributed by atoms with E-state index in [1.54, 1.807) is 41.6 Å². The third kappa shape index (κ3) is 3.51. The van der Waals surface area contributed by atoms with Crippen LogP contribution in [0.1, 0.15) is 11.4 Å². The molecule has 0 aliphatic rings. The lowest BCUT2D eigenvalue weighted by Crippen LogP contribution is -2.02. The van der Waals surface area contributed by atoms with Gasteiger partial charge in [0.2, 0.25) is 0 Å². The molecular weight excluding hydrogens is 417 g/mol. The summed E-state index contributed by atoms with van der Waals surface area (Å²) in [4.78, 5) is 22.4. The summed E-state index contributed by atoms with van der Waals surface area (Å²) >= 11 is 5.94. The Morgan fingerprint density at radius 3 is 2.48 bits per heavy atom. The number of hydrogen-bond acceptors (Lipinski definition) is 6. The lowest BCUT2D eigenvalue weighted by molar-refractivity contribution is 0.631. The summed E-state index contributed by atoms with van der Waals surface area (Å²) in [6.07, 6.45) is 6.82. The lowest BCUT2D eigenvalue weighted by Gasteiger charge is -2.10. The standard InChI is InChI=1S/C22H15ClFN7/c1-12-13(2)28-22-20(27-12)19(17-4-3-15(23)9-18(17)24)29-21(30-22)14-10-26-31(11-14)16-5-7-25-8-6-16/h3-11H,1-2H3. The number of aromatic nitrogens is 7. The van der Waals surface area contributed by atoms with Crippen molar-refractivity contribution in [3.05, 3.63) is 77.3 Å². The molecule has 152 valence electrons. The van der Waals surface area contributed by atoms with Gasteiger partial charge in [-0.1, -0.05) is 11.6 Å². The van der Waals surface area contributed by atoms with Crippen LogP contribution in [0.25, 0.3) is 39.5 Å². The number of pyridine rings is 1. The van der Waals surface area contributed by atoms with Crippen molar-refractivity contribution in [3.8, 4) is 28.3 Å². The molecule has 4 aromatic heterocycles. The predicted molar refractivity (Wildman–Crippen MR) is 115 cm³/mol. The lowest BCUT2D eigenvalue weighted by atomic mass is 10.1. The molecular formula is C22H15ClFN7. The van der Waals surface area contributed by atoms with Crippen LogP contribution in [0.4, 0.5) is 4.39 Å². The SMILES string of the molecule is Cc1nc2nc(-c3cnn(-c4ccncc4)c3)nc(-c3ccc(Cl)cc3F)c2nc1C. The van der Waals surface area contributed by atoms with Crippen molar-refractivity contribution < 1.29 is 4.39 Å². The van der Waals surface area contributed by atoms with E-state index >= 15 is 0 Å². The molecule has 0 amide bonds. The molecule has 7 nitrogen and oxygen atoms in total. The molecule has 0 fully saturated rings. The van der Waals surface area contributed by atoms with Gasteiger partial charge in [-0.05, 0) is 44.2 Å². The van der Waals surface area contributed by atoms with Crippen molar-refractivity contribution in [3.63, 3.8) is 0 Å². The van der Waals surface area contributed by atoms with Crippen LogP contribution >= 0.6 is 11.6 Å². The van der Waals surface area contributed by atoms with Gasteiger partial charge >= 0.3 is 0 Å². The van der Waals surface area contributed by atoms with Crippen molar-refractivity contribution in [2.75, 3.05) is 0 Å². The summed E-state index contributed by atoms with van der Waals surface area (Å²) < 4.78 is 16.5. The molecule has 0 atom stereocenters. The average Bonchev–Trinajstić information content (AvgIpc) is 3.25. The van der Waals surface area contributed by atoms with Crippen molar-refractivity contribution in [2.24, 2.45) is 0 Å². The van der Waals surface area contributed by atoms with Gasteiger partial charge in [-0.15, -0.1) is 0 Å². The average molecular weight is 432 g/mol. The first kappa shape index (κ1) is 19.2. The number of hydrogen-bond donors (Lipinski definition) is 0. The molecule has 0 aliphatic carbocycles. The Morgan fingerprint density at radius 1 is 0.935 bits per heavy atom. The highest BCUT2D eigenvalue weighted by Crippen LogP contribution is 2.31. The third-order valence-electron chi connectivity index (χ3n) is 4.90. The van der Waals surface area contributed by atoms with Gasteiger partial charge in [-0.2, -0.15) is 5.10 Å². The monoisotopic (exact) mass is 431 g/mol. The van der Waals surface area contributed by atoms with Crippen LogP contribution in [0.3, 0.4) is 0 Å². The Balaban J connectivity index is 1.73. The second kappa shape index (κ2) is 7.48. The topological polar surface area (TPSA) is 82.3 Å². The molecule has 9 heteroatoms. The molecule has 0 N–H and O–H groups in total. The Morgan fingerprint density at radius 2 is 1.71 bits per heavy atom.